The van der Waals surface area contributed by atoms with E-state index in [1.54, 1.807) is 12.1 Å². The van der Waals surface area contributed by atoms with Crippen molar-refractivity contribution in [2.75, 3.05) is 41.4 Å². The zero-order valence-electron chi connectivity index (χ0n) is 13.5. The number of carbonyl (C=O) groups is 1. The second-order valence-corrected chi connectivity index (χ2v) is 5.50. The Bertz CT molecular complexity index is 521. The van der Waals surface area contributed by atoms with Crippen molar-refractivity contribution in [3.63, 3.8) is 0 Å². The predicted octanol–water partition coefficient (Wildman–Crippen LogP) is -0.410. The molecule has 1 rings (SSSR count). The lowest BCUT2D eigenvalue weighted by atomic mass is 10.1. The van der Waals surface area contributed by atoms with Crippen molar-refractivity contribution >= 4 is 23.3 Å². The van der Waals surface area contributed by atoms with Crippen LogP contribution in [0.2, 0.25) is 0 Å². The highest BCUT2D eigenvalue weighted by Gasteiger charge is 2.13. The molecule has 0 aliphatic heterocycles. The Morgan fingerprint density at radius 3 is 2.59 bits per heavy atom. The van der Waals surface area contributed by atoms with Crippen molar-refractivity contribution in [2.24, 2.45) is 0 Å². The first-order chi connectivity index (χ1) is 10.5. The minimum atomic E-state index is -0.423. The summed E-state index contributed by atoms with van der Waals surface area (Å²) in [5.74, 6) is 0.0682. The molecule has 0 aliphatic carbocycles. The summed E-state index contributed by atoms with van der Waals surface area (Å²) < 4.78 is 9.92. The zero-order valence-corrected chi connectivity index (χ0v) is 14.3. The third-order valence-electron chi connectivity index (χ3n) is 3.03. The fraction of sp³-hybridized carbons (Fsp3) is 0.467. The number of hydrogen-bond donors (Lipinski definition) is 3. The van der Waals surface area contributed by atoms with Gasteiger partial charge in [0.1, 0.15) is 11.3 Å². The largest absolute Gasteiger partial charge is 0.496 e. The average molecular weight is 326 g/mol. The Morgan fingerprint density at radius 2 is 2.00 bits per heavy atom. The smallest absolute Gasteiger partial charge is 0.341 e. The molecular weight excluding hydrogens is 302 g/mol. The fourth-order valence-corrected chi connectivity index (χ4v) is 1.98. The highest BCUT2D eigenvalue weighted by atomic mass is 32.1. The van der Waals surface area contributed by atoms with Crippen molar-refractivity contribution in [3.8, 4) is 5.75 Å². The molecule has 0 radical (unpaired) electrons. The number of methoxy groups -OCH3 is 2. The second-order valence-electron chi connectivity index (χ2n) is 5.09. The quantitative estimate of drug-likeness (QED) is 0.468. The molecule has 0 saturated carbocycles. The van der Waals surface area contributed by atoms with Gasteiger partial charge in [-0.15, -0.1) is 0 Å². The van der Waals surface area contributed by atoms with E-state index in [-0.39, 0.29) is 0 Å². The molecule has 6 nitrogen and oxygen atoms in total. The summed E-state index contributed by atoms with van der Waals surface area (Å²) in [6, 6.07) is 5.37. The number of ether oxygens (including phenoxy) is 2. The van der Waals surface area contributed by atoms with Gasteiger partial charge in [0.15, 0.2) is 5.11 Å². The van der Waals surface area contributed by atoms with Crippen molar-refractivity contribution in [1.29, 1.82) is 0 Å². The van der Waals surface area contributed by atoms with Crippen LogP contribution in [0.4, 0.5) is 0 Å². The third-order valence-corrected chi connectivity index (χ3v) is 3.32. The molecule has 0 bridgehead atoms. The van der Waals surface area contributed by atoms with Gasteiger partial charge in [0.2, 0.25) is 0 Å². The summed E-state index contributed by atoms with van der Waals surface area (Å²) in [6.45, 7) is 2.32. The molecule has 0 saturated heterocycles. The SMILES string of the molecule is COC(=O)c1cc(CNC(=S)NCC[NH+](C)C)ccc1OC. The van der Waals surface area contributed by atoms with Crippen molar-refractivity contribution in [2.45, 2.75) is 6.54 Å². The van der Waals surface area contributed by atoms with Crippen molar-refractivity contribution in [3.05, 3.63) is 29.3 Å². The second kappa shape index (κ2) is 9.22. The molecule has 0 atom stereocenters. The van der Waals surface area contributed by atoms with E-state index < -0.39 is 5.97 Å². The van der Waals surface area contributed by atoms with E-state index in [4.69, 9.17) is 21.7 Å². The number of benzene rings is 1. The molecule has 3 N–H and O–H groups in total. The van der Waals surface area contributed by atoms with Crippen LogP contribution >= 0.6 is 12.2 Å². The Labute approximate surface area is 136 Å². The molecule has 7 heteroatoms. The van der Waals surface area contributed by atoms with Crippen LogP contribution in [0.1, 0.15) is 15.9 Å². The molecule has 0 heterocycles. The summed E-state index contributed by atoms with van der Waals surface area (Å²) >= 11 is 5.21. The average Bonchev–Trinajstić information content (AvgIpc) is 2.51. The Morgan fingerprint density at radius 1 is 1.27 bits per heavy atom. The lowest BCUT2D eigenvalue weighted by Gasteiger charge is -2.13. The van der Waals surface area contributed by atoms with Gasteiger partial charge in [0, 0.05) is 6.54 Å². The summed E-state index contributed by atoms with van der Waals surface area (Å²) in [5, 5.41) is 6.85. The number of rotatable bonds is 7. The fourth-order valence-electron chi connectivity index (χ4n) is 1.81. The minimum absolute atomic E-state index is 0.402. The molecule has 1 aromatic carbocycles. The predicted molar refractivity (Wildman–Crippen MR) is 89.5 cm³/mol. The van der Waals surface area contributed by atoms with Crippen LogP contribution in [-0.4, -0.2) is 52.5 Å². The first-order valence-corrected chi connectivity index (χ1v) is 7.44. The molecule has 22 heavy (non-hydrogen) atoms. The van der Waals surface area contributed by atoms with Crippen LogP contribution in [0.15, 0.2) is 18.2 Å². The van der Waals surface area contributed by atoms with Crippen LogP contribution in [0, 0.1) is 0 Å². The monoisotopic (exact) mass is 326 g/mol. The number of nitrogens with one attached hydrogen (secondary N) is 3. The van der Waals surface area contributed by atoms with Gasteiger partial charge in [-0.1, -0.05) is 6.07 Å². The summed E-state index contributed by atoms with van der Waals surface area (Å²) in [4.78, 5) is 13.1. The van der Waals surface area contributed by atoms with Gasteiger partial charge >= 0.3 is 5.97 Å². The Hall–Kier alpha value is -1.86. The summed E-state index contributed by atoms with van der Waals surface area (Å²) in [7, 11) is 7.04. The van der Waals surface area contributed by atoms with Gasteiger partial charge < -0.3 is 25.0 Å². The van der Waals surface area contributed by atoms with E-state index >= 15 is 0 Å². The van der Waals surface area contributed by atoms with Gasteiger partial charge in [-0.3, -0.25) is 0 Å². The van der Waals surface area contributed by atoms with E-state index in [1.807, 2.05) is 6.07 Å². The molecule has 0 fully saturated rings. The van der Waals surface area contributed by atoms with Crippen molar-refractivity contribution < 1.29 is 19.2 Å². The van der Waals surface area contributed by atoms with E-state index in [0.29, 0.717) is 23.0 Å². The maximum Gasteiger partial charge on any atom is 0.341 e. The van der Waals surface area contributed by atoms with Gasteiger partial charge in [0.25, 0.3) is 0 Å². The van der Waals surface area contributed by atoms with Crippen LogP contribution < -0.4 is 20.3 Å². The number of thiocarbonyl (C=S) groups is 1. The molecule has 122 valence electrons. The first-order valence-electron chi connectivity index (χ1n) is 7.04. The summed E-state index contributed by atoms with van der Waals surface area (Å²) in [5.41, 5.74) is 1.32. The van der Waals surface area contributed by atoms with Crippen LogP contribution in [-0.2, 0) is 11.3 Å². The molecule has 0 spiro atoms. The maximum atomic E-state index is 11.7. The molecule has 0 unspecified atom stereocenters. The number of likely N-dealkylation sites (N-methyl/N-ethyl adjacent to an activating group) is 1. The molecule has 0 aliphatic rings. The zero-order chi connectivity index (χ0) is 16.5. The first kappa shape index (κ1) is 18.2. The topological polar surface area (TPSA) is 64.0 Å². The van der Waals surface area contributed by atoms with E-state index in [1.165, 1.54) is 19.1 Å². The molecule has 0 amide bonds. The molecule has 0 aromatic heterocycles. The van der Waals surface area contributed by atoms with E-state index in [0.717, 1.165) is 18.7 Å². The maximum absolute atomic E-state index is 11.7. The molecular formula is C15H24N3O3S+. The van der Waals surface area contributed by atoms with Crippen molar-refractivity contribution in [1.82, 2.24) is 10.6 Å². The summed E-state index contributed by atoms with van der Waals surface area (Å²) in [6.07, 6.45) is 0. The number of hydrogen-bond acceptors (Lipinski definition) is 4. The molecule has 1 aromatic rings. The normalized spacial score (nSPS) is 10.2. The number of esters is 1. The Balaban J connectivity index is 2.59. The standard InChI is InChI=1S/C15H23N3O3S/c1-18(2)8-7-16-15(22)17-10-11-5-6-13(20-3)12(9-11)14(19)21-4/h5-6,9H,7-8,10H2,1-4H3,(H2,16,17,22)/p+1. The van der Waals surface area contributed by atoms with Crippen LogP contribution in [0.25, 0.3) is 0 Å². The van der Waals surface area contributed by atoms with Gasteiger partial charge in [-0.05, 0) is 29.9 Å². The third kappa shape index (κ3) is 5.87. The van der Waals surface area contributed by atoms with Gasteiger partial charge in [-0.2, -0.15) is 0 Å². The lowest BCUT2D eigenvalue weighted by molar-refractivity contribution is -0.856. The minimum Gasteiger partial charge on any atom is -0.496 e. The van der Waals surface area contributed by atoms with Gasteiger partial charge in [-0.25, -0.2) is 4.79 Å². The van der Waals surface area contributed by atoms with E-state index in [9.17, 15) is 4.79 Å². The number of carbonyl (C=O) groups excluding carboxylic acids is 1. The highest BCUT2D eigenvalue weighted by Crippen LogP contribution is 2.20. The van der Waals surface area contributed by atoms with E-state index in [2.05, 4.69) is 24.7 Å². The van der Waals surface area contributed by atoms with Crippen LogP contribution in [0.5, 0.6) is 5.75 Å². The number of quaternary nitrogens is 1. The lowest BCUT2D eigenvalue weighted by Crippen LogP contribution is -3.06. The van der Waals surface area contributed by atoms with Crippen LogP contribution in [0.3, 0.4) is 0 Å². The Kier molecular flexibility index (Phi) is 7.62. The highest BCUT2D eigenvalue weighted by molar-refractivity contribution is 7.80. The van der Waals surface area contributed by atoms with Gasteiger partial charge in [0.05, 0.1) is 41.4 Å².